The third kappa shape index (κ3) is 10.9. The van der Waals surface area contributed by atoms with Gasteiger partial charge < -0.3 is 15.4 Å². The van der Waals surface area contributed by atoms with Crippen LogP contribution in [0.1, 0.15) is 43.6 Å². The number of ether oxygens (including phenoxy) is 1. The van der Waals surface area contributed by atoms with Crippen molar-refractivity contribution in [2.24, 2.45) is 0 Å². The molecule has 1 atom stereocenters. The number of nitrogens with one attached hydrogen (secondary N) is 3. The van der Waals surface area contributed by atoms with E-state index in [-0.39, 0.29) is 11.3 Å². The van der Waals surface area contributed by atoms with Gasteiger partial charge in [-0.2, -0.15) is 21.6 Å². The van der Waals surface area contributed by atoms with Gasteiger partial charge in [-0.15, -0.1) is 0 Å². The highest BCUT2D eigenvalue weighted by Crippen LogP contribution is 2.30. The summed E-state index contributed by atoms with van der Waals surface area (Å²) in [6.45, 7) is 5.15. The molecule has 14 heteroatoms. The Morgan fingerprint density at radius 2 is 1.39 bits per heavy atom. The average Bonchev–Trinajstić information content (AvgIpc) is 2.90. The lowest BCUT2D eigenvalue weighted by Crippen LogP contribution is -2.27. The number of halogens is 3. The average molecular weight is 634 g/mol. The summed E-state index contributed by atoms with van der Waals surface area (Å²) < 4.78 is 72.4. The Morgan fingerprint density at radius 3 is 1.91 bits per heavy atom. The minimum atomic E-state index is -4.56. The lowest BCUT2D eigenvalue weighted by atomic mass is 10.1. The monoisotopic (exact) mass is 633 g/mol. The quantitative estimate of drug-likeness (QED) is 0.184. The number of carbonyl (C=O) groups is 3. The van der Waals surface area contributed by atoms with E-state index in [0.717, 1.165) is 30.5 Å². The second kappa shape index (κ2) is 13.7. The molecule has 0 bridgehead atoms. The van der Waals surface area contributed by atoms with Gasteiger partial charge in [-0.1, -0.05) is 36.4 Å². The van der Waals surface area contributed by atoms with Crippen molar-refractivity contribution in [1.82, 2.24) is 0 Å². The van der Waals surface area contributed by atoms with Crippen LogP contribution < -0.4 is 16.0 Å². The predicted octanol–water partition coefficient (Wildman–Crippen LogP) is 6.36. The van der Waals surface area contributed by atoms with Crippen LogP contribution in [0.5, 0.6) is 0 Å². The molecular formula is C30H30F3N3O7S. The third-order valence-electron chi connectivity index (χ3n) is 5.48. The van der Waals surface area contributed by atoms with E-state index in [9.17, 15) is 36.0 Å². The smallest absolute Gasteiger partial charge is 0.416 e. The van der Waals surface area contributed by atoms with E-state index in [0.29, 0.717) is 16.9 Å². The number of benzene rings is 3. The second-order valence-corrected chi connectivity index (χ2v) is 12.0. The summed E-state index contributed by atoms with van der Waals surface area (Å²) in [6, 6.07) is 15.9. The molecule has 0 aliphatic rings. The van der Waals surface area contributed by atoms with Crippen molar-refractivity contribution in [1.29, 1.82) is 0 Å². The Hall–Kier alpha value is -4.69. The van der Waals surface area contributed by atoms with Gasteiger partial charge in [0.05, 0.1) is 23.2 Å². The van der Waals surface area contributed by atoms with Crippen molar-refractivity contribution in [2.45, 2.75) is 38.7 Å². The summed E-state index contributed by atoms with van der Waals surface area (Å²) in [5, 5.41) is 7.59. The van der Waals surface area contributed by atoms with E-state index in [1.54, 1.807) is 45.0 Å². The van der Waals surface area contributed by atoms with Crippen molar-refractivity contribution in [3.63, 3.8) is 0 Å². The second-order valence-electron chi connectivity index (χ2n) is 10.4. The first-order valence-electron chi connectivity index (χ1n) is 12.9. The van der Waals surface area contributed by atoms with Crippen LogP contribution in [-0.4, -0.2) is 38.2 Å². The zero-order valence-electron chi connectivity index (χ0n) is 24.1. The summed E-state index contributed by atoms with van der Waals surface area (Å²) in [6.07, 6.45) is -3.48. The Bertz CT molecular complexity index is 1630. The van der Waals surface area contributed by atoms with Crippen LogP contribution in [0.4, 0.5) is 35.0 Å². The molecule has 0 heterocycles. The van der Waals surface area contributed by atoms with Gasteiger partial charge in [0.2, 0.25) is 5.91 Å². The van der Waals surface area contributed by atoms with Gasteiger partial charge in [-0.05, 0) is 74.4 Å². The number of carbonyl (C=O) groups excluding carboxylic acids is 3. The molecule has 3 rings (SSSR count). The molecule has 234 valence electrons. The van der Waals surface area contributed by atoms with Crippen molar-refractivity contribution in [2.75, 3.05) is 22.2 Å². The first-order chi connectivity index (χ1) is 20.4. The van der Waals surface area contributed by atoms with Gasteiger partial charge in [0.25, 0.3) is 16.0 Å². The fraction of sp³-hybridized carbons (Fsp3) is 0.233. The molecule has 3 aromatic carbocycles. The highest BCUT2D eigenvalue weighted by atomic mass is 32.2. The number of rotatable bonds is 9. The fourth-order valence-corrected chi connectivity index (χ4v) is 4.17. The first-order valence-corrected chi connectivity index (χ1v) is 14.8. The Kier molecular flexibility index (Phi) is 10.6. The van der Waals surface area contributed by atoms with E-state index in [1.807, 2.05) is 0 Å². The fourth-order valence-electron chi connectivity index (χ4n) is 3.62. The van der Waals surface area contributed by atoms with E-state index in [4.69, 9.17) is 8.92 Å². The number of alkyl halides is 3. The Morgan fingerprint density at radius 1 is 0.818 bits per heavy atom. The Labute approximate surface area is 252 Å². The molecule has 0 saturated heterocycles. The molecule has 1 unspecified atom stereocenters. The maximum absolute atomic E-state index is 12.9. The van der Waals surface area contributed by atoms with Gasteiger partial charge in [0, 0.05) is 11.8 Å². The summed E-state index contributed by atoms with van der Waals surface area (Å²) in [5.41, 5.74) is -0.360. The standard InChI is InChI=1S/C30H30F3N3O7S/c1-29(2,3)42-28(39)36-24-8-6-5-7-23(24)35-25(37)18-11-19-9-12-20(13-10-19)26(43-44(4,40)41)27(38)34-22-16-14-21(15-17-22)30(31,32)33/h5-18,26H,1-4H3,(H,34,38)(H,35,37)(H,36,39)/b18-11+. The van der Waals surface area contributed by atoms with E-state index in [1.165, 1.54) is 36.4 Å². The normalized spacial score (nSPS) is 12.8. The summed E-state index contributed by atoms with van der Waals surface area (Å²) >= 11 is 0. The van der Waals surface area contributed by atoms with Crippen molar-refractivity contribution >= 4 is 51.2 Å². The first kappa shape index (κ1) is 33.8. The number of para-hydroxylation sites is 2. The minimum absolute atomic E-state index is 0.00136. The zero-order chi connectivity index (χ0) is 32.7. The van der Waals surface area contributed by atoms with E-state index >= 15 is 0 Å². The molecular weight excluding hydrogens is 603 g/mol. The Balaban J connectivity index is 1.70. The molecule has 3 N–H and O–H groups in total. The lowest BCUT2D eigenvalue weighted by molar-refractivity contribution is -0.137. The van der Waals surface area contributed by atoms with Crippen LogP contribution in [0.2, 0.25) is 0 Å². The molecule has 10 nitrogen and oxygen atoms in total. The van der Waals surface area contributed by atoms with Gasteiger partial charge in [0.15, 0.2) is 6.10 Å². The van der Waals surface area contributed by atoms with Crippen LogP contribution in [0.3, 0.4) is 0 Å². The van der Waals surface area contributed by atoms with Crippen LogP contribution >= 0.6 is 0 Å². The van der Waals surface area contributed by atoms with Crippen LogP contribution in [0.15, 0.2) is 78.9 Å². The van der Waals surface area contributed by atoms with Crippen molar-refractivity contribution in [3.05, 3.63) is 95.6 Å². The zero-order valence-corrected chi connectivity index (χ0v) is 24.9. The van der Waals surface area contributed by atoms with Gasteiger partial charge in [0.1, 0.15) is 5.60 Å². The summed E-state index contributed by atoms with van der Waals surface area (Å²) in [5.74, 6) is -1.46. The molecule has 0 radical (unpaired) electrons. The number of amides is 3. The molecule has 0 fully saturated rings. The predicted molar refractivity (Wildman–Crippen MR) is 159 cm³/mol. The molecule has 0 saturated carbocycles. The lowest BCUT2D eigenvalue weighted by Gasteiger charge is -2.20. The molecule has 0 aliphatic carbocycles. The highest BCUT2D eigenvalue weighted by molar-refractivity contribution is 7.86. The molecule has 0 aliphatic heterocycles. The largest absolute Gasteiger partial charge is 0.444 e. The van der Waals surface area contributed by atoms with E-state index < -0.39 is 51.5 Å². The highest BCUT2D eigenvalue weighted by Gasteiger charge is 2.30. The van der Waals surface area contributed by atoms with Gasteiger partial charge >= 0.3 is 12.3 Å². The topological polar surface area (TPSA) is 140 Å². The maximum Gasteiger partial charge on any atom is 0.416 e. The molecule has 0 aromatic heterocycles. The maximum atomic E-state index is 12.9. The van der Waals surface area contributed by atoms with Crippen LogP contribution in [0.25, 0.3) is 6.08 Å². The van der Waals surface area contributed by atoms with Gasteiger partial charge in [-0.3, -0.25) is 19.1 Å². The van der Waals surface area contributed by atoms with E-state index in [2.05, 4.69) is 16.0 Å². The van der Waals surface area contributed by atoms with Crippen molar-refractivity contribution < 1.29 is 44.9 Å². The minimum Gasteiger partial charge on any atom is -0.444 e. The van der Waals surface area contributed by atoms with Gasteiger partial charge in [-0.25, -0.2) is 4.79 Å². The SMILES string of the molecule is CC(C)(C)OC(=O)Nc1ccccc1NC(=O)/C=C/c1ccc(C(OS(C)(=O)=O)C(=O)Nc2ccc(C(F)(F)F)cc2)cc1. The van der Waals surface area contributed by atoms with Crippen LogP contribution in [0, 0.1) is 0 Å². The van der Waals surface area contributed by atoms with Crippen molar-refractivity contribution in [3.8, 4) is 0 Å². The number of hydrogen-bond donors (Lipinski definition) is 3. The van der Waals surface area contributed by atoms with Crippen LogP contribution in [-0.2, 0) is 34.8 Å². The number of anilines is 3. The third-order valence-corrected chi connectivity index (χ3v) is 6.02. The summed E-state index contributed by atoms with van der Waals surface area (Å²) in [7, 11) is -4.13. The molecule has 44 heavy (non-hydrogen) atoms. The summed E-state index contributed by atoms with van der Waals surface area (Å²) in [4.78, 5) is 37.6. The molecule has 3 aromatic rings. The number of hydrogen-bond acceptors (Lipinski definition) is 7. The molecule has 0 spiro atoms. The molecule has 3 amide bonds.